The monoisotopic (exact) mass is 214 g/mol. The van der Waals surface area contributed by atoms with E-state index in [-0.39, 0.29) is 12.0 Å². The molecular weight excluding hydrogens is 192 g/mol. The van der Waals surface area contributed by atoms with E-state index in [2.05, 4.69) is 6.08 Å². The van der Waals surface area contributed by atoms with Gasteiger partial charge in [0, 0.05) is 32.2 Å². The molecule has 0 aliphatic heterocycles. The number of aliphatic hydroxyl groups excluding tert-OH is 1. The van der Waals surface area contributed by atoms with Crippen molar-refractivity contribution in [3.63, 3.8) is 0 Å². The highest BCUT2D eigenvalue weighted by Gasteiger charge is 2.41. The van der Waals surface area contributed by atoms with Crippen LogP contribution >= 0.6 is 0 Å². The highest BCUT2D eigenvalue weighted by Crippen LogP contribution is 2.45. The molecule has 1 aliphatic carbocycles. The van der Waals surface area contributed by atoms with Gasteiger partial charge in [-0.25, -0.2) is 0 Å². The second-order valence-corrected chi connectivity index (χ2v) is 4.49. The van der Waals surface area contributed by atoms with Crippen LogP contribution in [0.5, 0.6) is 0 Å². The van der Waals surface area contributed by atoms with Gasteiger partial charge in [0.25, 0.3) is 0 Å². The van der Waals surface area contributed by atoms with Crippen molar-refractivity contribution in [1.82, 2.24) is 0 Å². The minimum Gasteiger partial charge on any atom is -0.396 e. The molecule has 1 atom stereocenters. The quantitative estimate of drug-likeness (QED) is 0.707. The maximum absolute atomic E-state index is 9.31. The Balaban J connectivity index is 2.76. The zero-order valence-electron chi connectivity index (χ0n) is 9.95. The van der Waals surface area contributed by atoms with E-state index in [4.69, 9.17) is 9.47 Å². The van der Waals surface area contributed by atoms with Crippen LogP contribution < -0.4 is 0 Å². The zero-order valence-corrected chi connectivity index (χ0v) is 9.95. The maximum atomic E-state index is 9.31. The van der Waals surface area contributed by atoms with Gasteiger partial charge < -0.3 is 14.6 Å². The summed E-state index contributed by atoms with van der Waals surface area (Å²) in [6.45, 7) is 3.67. The third-order valence-corrected chi connectivity index (χ3v) is 3.28. The van der Waals surface area contributed by atoms with Crippen LogP contribution in [0.25, 0.3) is 0 Å². The molecule has 3 nitrogen and oxygen atoms in total. The van der Waals surface area contributed by atoms with Gasteiger partial charge in [-0.2, -0.15) is 0 Å². The van der Waals surface area contributed by atoms with Crippen molar-refractivity contribution >= 4 is 0 Å². The smallest absolute Gasteiger partial charge is 0.0544 e. The Kier molecular flexibility index (Phi) is 4.77. The summed E-state index contributed by atoms with van der Waals surface area (Å²) in [5.74, 6) is 0.292. The van der Waals surface area contributed by atoms with Gasteiger partial charge >= 0.3 is 0 Å². The van der Waals surface area contributed by atoms with Gasteiger partial charge in [-0.3, -0.25) is 0 Å². The average Bonchev–Trinajstić information content (AvgIpc) is 2.57. The zero-order chi connectivity index (χ0) is 11.3. The summed E-state index contributed by atoms with van der Waals surface area (Å²) in [7, 11) is 3.44. The Labute approximate surface area is 92.1 Å². The van der Waals surface area contributed by atoms with Crippen molar-refractivity contribution < 1.29 is 14.6 Å². The molecule has 1 fully saturated rings. The molecule has 0 amide bonds. The summed E-state index contributed by atoms with van der Waals surface area (Å²) in [6.07, 6.45) is 4.06. The molecule has 0 bridgehead atoms. The molecule has 1 rings (SSSR count). The molecule has 1 saturated carbocycles. The first-order chi connectivity index (χ1) is 7.21. The fraction of sp³-hybridized carbons (Fsp3) is 0.833. The Morgan fingerprint density at radius 3 is 2.33 bits per heavy atom. The van der Waals surface area contributed by atoms with Crippen molar-refractivity contribution in [2.75, 3.05) is 34.0 Å². The van der Waals surface area contributed by atoms with Crippen molar-refractivity contribution in [1.29, 1.82) is 0 Å². The number of hydrogen-bond acceptors (Lipinski definition) is 3. The molecule has 0 spiro atoms. The summed E-state index contributed by atoms with van der Waals surface area (Å²) in [6, 6.07) is 0. The van der Waals surface area contributed by atoms with Gasteiger partial charge in [0.2, 0.25) is 0 Å². The van der Waals surface area contributed by atoms with Gasteiger partial charge in [0.05, 0.1) is 13.2 Å². The number of aliphatic hydroxyl groups is 1. The largest absolute Gasteiger partial charge is 0.396 e. The Hall–Kier alpha value is -0.380. The highest BCUT2D eigenvalue weighted by molar-refractivity contribution is 5.16. The lowest BCUT2D eigenvalue weighted by atomic mass is 9.87. The number of ether oxygens (including phenoxy) is 2. The fourth-order valence-electron chi connectivity index (χ4n) is 2.70. The predicted molar refractivity (Wildman–Crippen MR) is 59.8 cm³/mol. The van der Waals surface area contributed by atoms with Gasteiger partial charge in [-0.1, -0.05) is 11.6 Å². The van der Waals surface area contributed by atoms with Crippen LogP contribution in [0.4, 0.5) is 0 Å². The molecule has 1 N–H and O–H groups in total. The first-order valence-corrected chi connectivity index (χ1v) is 5.45. The van der Waals surface area contributed by atoms with Crippen LogP contribution in [-0.4, -0.2) is 39.1 Å². The lowest BCUT2D eigenvalue weighted by Crippen LogP contribution is -2.29. The van der Waals surface area contributed by atoms with E-state index >= 15 is 0 Å². The summed E-state index contributed by atoms with van der Waals surface area (Å²) in [5.41, 5.74) is 1.41. The topological polar surface area (TPSA) is 38.7 Å². The van der Waals surface area contributed by atoms with E-state index in [9.17, 15) is 5.11 Å². The fourth-order valence-corrected chi connectivity index (χ4v) is 2.70. The third-order valence-electron chi connectivity index (χ3n) is 3.28. The van der Waals surface area contributed by atoms with Gasteiger partial charge in [-0.15, -0.1) is 0 Å². The van der Waals surface area contributed by atoms with Crippen molar-refractivity contribution in [3.05, 3.63) is 11.6 Å². The van der Waals surface area contributed by atoms with Crippen LogP contribution in [0.3, 0.4) is 0 Å². The SMILES string of the molecule is C/C=C1\CC(COC)(COC)CC1CO. The molecule has 15 heavy (non-hydrogen) atoms. The molecule has 1 aliphatic rings. The summed E-state index contributed by atoms with van der Waals surface area (Å²) in [5, 5.41) is 9.31. The van der Waals surface area contributed by atoms with E-state index in [1.807, 2.05) is 6.92 Å². The van der Waals surface area contributed by atoms with Crippen molar-refractivity contribution in [3.8, 4) is 0 Å². The number of allylic oxidation sites excluding steroid dienone is 1. The predicted octanol–water partition coefficient (Wildman–Crippen LogP) is 1.61. The molecule has 0 aromatic carbocycles. The van der Waals surface area contributed by atoms with Gasteiger partial charge in [0.1, 0.15) is 0 Å². The first kappa shape index (κ1) is 12.7. The van der Waals surface area contributed by atoms with E-state index in [1.165, 1.54) is 5.57 Å². The summed E-state index contributed by atoms with van der Waals surface area (Å²) < 4.78 is 10.6. The molecule has 0 heterocycles. The van der Waals surface area contributed by atoms with Crippen LogP contribution in [0, 0.1) is 11.3 Å². The number of methoxy groups -OCH3 is 2. The Morgan fingerprint density at radius 2 is 2.00 bits per heavy atom. The second-order valence-electron chi connectivity index (χ2n) is 4.49. The molecular formula is C12H22O3. The normalized spacial score (nSPS) is 27.5. The van der Waals surface area contributed by atoms with E-state index in [1.54, 1.807) is 14.2 Å². The van der Waals surface area contributed by atoms with E-state index in [0.717, 1.165) is 12.8 Å². The number of rotatable bonds is 5. The van der Waals surface area contributed by atoms with Crippen LogP contribution in [-0.2, 0) is 9.47 Å². The van der Waals surface area contributed by atoms with Crippen LogP contribution in [0.15, 0.2) is 11.6 Å². The van der Waals surface area contributed by atoms with Crippen molar-refractivity contribution in [2.24, 2.45) is 11.3 Å². The lowest BCUT2D eigenvalue weighted by molar-refractivity contribution is 0.0109. The van der Waals surface area contributed by atoms with Crippen LogP contribution in [0.2, 0.25) is 0 Å². The molecule has 1 unspecified atom stereocenters. The molecule has 0 saturated heterocycles. The molecule has 88 valence electrons. The minimum absolute atomic E-state index is 0.0682. The molecule has 3 heteroatoms. The number of hydrogen-bond donors (Lipinski definition) is 1. The maximum Gasteiger partial charge on any atom is 0.0544 e. The van der Waals surface area contributed by atoms with Gasteiger partial charge in [0.15, 0.2) is 0 Å². The van der Waals surface area contributed by atoms with E-state index < -0.39 is 0 Å². The summed E-state index contributed by atoms with van der Waals surface area (Å²) in [4.78, 5) is 0. The first-order valence-electron chi connectivity index (χ1n) is 5.45. The Bertz CT molecular complexity index is 217. The van der Waals surface area contributed by atoms with Crippen molar-refractivity contribution in [2.45, 2.75) is 19.8 Å². The minimum atomic E-state index is 0.0682. The second kappa shape index (κ2) is 5.64. The summed E-state index contributed by atoms with van der Waals surface area (Å²) >= 11 is 0. The average molecular weight is 214 g/mol. The lowest BCUT2D eigenvalue weighted by Gasteiger charge is -2.27. The molecule has 0 aromatic rings. The van der Waals surface area contributed by atoms with Gasteiger partial charge in [-0.05, 0) is 19.8 Å². The standard InChI is InChI=1S/C12H22O3/c1-4-10-5-12(8-14-2,9-15-3)6-11(10)7-13/h4,11,13H,5-9H2,1-3H3/b10-4+. The van der Waals surface area contributed by atoms with E-state index in [0.29, 0.717) is 19.1 Å². The van der Waals surface area contributed by atoms with Crippen LogP contribution in [0.1, 0.15) is 19.8 Å². The highest BCUT2D eigenvalue weighted by atomic mass is 16.5. The molecule has 0 aromatic heterocycles. The molecule has 0 radical (unpaired) electrons. The Morgan fingerprint density at radius 1 is 1.40 bits per heavy atom. The third kappa shape index (κ3) is 2.80.